The van der Waals surface area contributed by atoms with Crippen molar-refractivity contribution in [2.75, 3.05) is 0 Å². The maximum absolute atomic E-state index is 11.1. The average Bonchev–Trinajstić information content (AvgIpc) is 3.07. The van der Waals surface area contributed by atoms with Gasteiger partial charge in [0.25, 0.3) is 0 Å². The number of carbonyl (C=O) groups excluding carboxylic acids is 2. The molecule has 4 bridgehead atoms. The molecule has 0 amide bonds. The van der Waals surface area contributed by atoms with Crippen molar-refractivity contribution in [2.24, 2.45) is 23.2 Å². The molecule has 3 N–H and O–H groups in total. The second kappa shape index (κ2) is 18.4. The number of carbonyl (C=O) groups is 4. The van der Waals surface area contributed by atoms with Crippen molar-refractivity contribution >= 4 is 23.9 Å². The Kier molecular flexibility index (Phi) is 14.4. The van der Waals surface area contributed by atoms with E-state index < -0.39 is 40.8 Å². The minimum absolute atomic E-state index is 0.171. The number of phenolic OH excluding ortho intramolecular Hbond substituents is 1. The number of carboxylic acid groups (broad SMARTS) is 4. The Hall–Kier alpha value is -5.84. The van der Waals surface area contributed by atoms with E-state index in [9.17, 15) is 39.6 Å². The normalized spacial score (nSPS) is 20.1. The van der Waals surface area contributed by atoms with Crippen LogP contribution in [0.15, 0.2) is 91.0 Å². The summed E-state index contributed by atoms with van der Waals surface area (Å²) in [5.41, 5.74) is 2.38. The van der Waals surface area contributed by atoms with Gasteiger partial charge in [-0.3, -0.25) is 0 Å². The van der Waals surface area contributed by atoms with E-state index in [4.69, 9.17) is 15.3 Å². The van der Waals surface area contributed by atoms with Gasteiger partial charge in [-0.25, -0.2) is 9.59 Å². The molecule has 4 aromatic carbocycles. The van der Waals surface area contributed by atoms with E-state index >= 15 is 0 Å². The van der Waals surface area contributed by atoms with Gasteiger partial charge in [-0.1, -0.05) is 95.4 Å². The summed E-state index contributed by atoms with van der Waals surface area (Å²) in [7, 11) is 0. The van der Waals surface area contributed by atoms with E-state index in [1.54, 1.807) is 37.3 Å². The largest absolute Gasteiger partial charge is 0.872 e. The number of aryl methyl sites for hydroxylation is 3. The molecule has 52 heavy (non-hydrogen) atoms. The third-order valence-corrected chi connectivity index (χ3v) is 9.32. The number of carboxylic acids is 4. The van der Waals surface area contributed by atoms with E-state index in [1.807, 2.05) is 26.0 Å². The third kappa shape index (κ3) is 11.6. The fraction of sp³-hybridized carbons (Fsp3) is 0.317. The van der Waals surface area contributed by atoms with Crippen molar-refractivity contribution < 1.29 is 54.9 Å². The molecule has 11 nitrogen and oxygen atoms in total. The number of aromatic carboxylic acids is 3. The van der Waals surface area contributed by atoms with Gasteiger partial charge in [0, 0.05) is 11.4 Å². The number of aromatic hydroxyl groups is 1. The zero-order valence-electron chi connectivity index (χ0n) is 29.2. The maximum atomic E-state index is 11.1. The molecule has 4 aromatic rings. The highest BCUT2D eigenvalue weighted by molar-refractivity contribution is 5.91. The quantitative estimate of drug-likeness (QED) is 0.272. The monoisotopic (exact) mass is 710 g/mol. The van der Waals surface area contributed by atoms with Crippen LogP contribution in [0.4, 0.5) is 0 Å². The molecule has 0 radical (unpaired) electrons. The van der Waals surface area contributed by atoms with Crippen molar-refractivity contribution in [1.82, 2.24) is 0 Å². The zero-order chi connectivity index (χ0) is 38.6. The molecule has 4 saturated carbocycles. The standard InChI is InChI=1S/C11H16O2.C8H8O3.C8H10O.C7H6O3.C7H6O2/c12-10(13)11-4-7-1-8(5-11)3-9(2-7)6-11;1-5-2-3-6(8(10)11)7(9)4-5;1-6-3-4-8(9)7(2)5-6;8-6-4-2-1-3-5(6)7(9)10;8-7(9)6-4-2-1-3-5-6/h7-9H,1-6H2,(H,12,13);2-4,9H,1H3,(H,10,11);3-5,9H,1-2H3;1-4,8H,(H,9,10);1-5H,(H,8,9)/p-4. The first-order valence-corrected chi connectivity index (χ1v) is 16.8. The molecule has 276 valence electrons. The lowest BCUT2D eigenvalue weighted by Gasteiger charge is -2.57. The van der Waals surface area contributed by atoms with Gasteiger partial charge in [0.2, 0.25) is 0 Å². The first kappa shape index (κ1) is 40.6. The van der Waals surface area contributed by atoms with E-state index in [2.05, 4.69) is 0 Å². The van der Waals surface area contributed by atoms with Crippen LogP contribution in [0.25, 0.3) is 0 Å². The van der Waals surface area contributed by atoms with Gasteiger partial charge in [-0.05, 0) is 106 Å². The summed E-state index contributed by atoms with van der Waals surface area (Å²) in [5, 5.41) is 68.7. The second-order valence-electron chi connectivity index (χ2n) is 13.5. The third-order valence-electron chi connectivity index (χ3n) is 9.32. The van der Waals surface area contributed by atoms with Crippen LogP contribution in [-0.2, 0) is 4.79 Å². The van der Waals surface area contributed by atoms with Crippen molar-refractivity contribution in [2.45, 2.75) is 59.3 Å². The van der Waals surface area contributed by atoms with Crippen LogP contribution in [0.2, 0.25) is 0 Å². The Labute approximate surface area is 302 Å². The first-order valence-electron chi connectivity index (χ1n) is 16.8. The minimum atomic E-state index is -1.18. The number of hydrogen-bond acceptors (Lipinski definition) is 9. The van der Waals surface area contributed by atoms with E-state index in [-0.39, 0.29) is 16.7 Å². The van der Waals surface area contributed by atoms with Crippen LogP contribution in [-0.4, -0.2) is 39.2 Å². The zero-order valence-corrected chi connectivity index (χ0v) is 29.2. The smallest absolute Gasteiger partial charge is 0.335 e. The van der Waals surface area contributed by atoms with E-state index in [0.717, 1.165) is 30.4 Å². The molecule has 0 spiro atoms. The lowest BCUT2D eigenvalue weighted by atomic mass is 9.49. The molecule has 11 heteroatoms. The van der Waals surface area contributed by atoms with Gasteiger partial charge in [0.1, 0.15) is 5.75 Å². The number of benzene rings is 4. The topological polar surface area (TPSA) is 221 Å². The number of hydrogen-bond donors (Lipinski definition) is 3. The van der Waals surface area contributed by atoms with Crippen LogP contribution < -0.4 is 20.4 Å². The number of rotatable bonds is 4. The molecule has 4 fully saturated rings. The van der Waals surface area contributed by atoms with Crippen LogP contribution in [0.3, 0.4) is 0 Å². The number of para-hydroxylation sites is 1. The van der Waals surface area contributed by atoms with Gasteiger partial charge in [-0.15, -0.1) is 0 Å². The summed E-state index contributed by atoms with van der Waals surface area (Å²) in [5.74, 6) is -2.60. The highest BCUT2D eigenvalue weighted by atomic mass is 16.4. The molecule has 0 atom stereocenters. The van der Waals surface area contributed by atoms with Crippen LogP contribution in [0.1, 0.15) is 86.3 Å². The predicted octanol–water partition coefficient (Wildman–Crippen LogP) is 4.24. The molecule has 8 rings (SSSR count). The Morgan fingerprint density at radius 1 is 0.615 bits per heavy atom. The average molecular weight is 711 g/mol. The highest BCUT2D eigenvalue weighted by Crippen LogP contribution is 2.59. The van der Waals surface area contributed by atoms with Crippen LogP contribution >= 0.6 is 0 Å². The SMILES string of the molecule is Cc1ccc(C(=O)O)c([O-])c1.Cc1ccc(O)c(C)c1.O=C(O)c1ccccc1[O-].O=C([O-])C12CC3CC(CC(C3)C1)C2.O=C([O-])c1ccccc1. The fourth-order valence-electron chi connectivity index (χ4n) is 7.19. The minimum Gasteiger partial charge on any atom is -0.872 e. The summed E-state index contributed by atoms with van der Waals surface area (Å²) in [4.78, 5) is 41.8. The molecular formula is C41H42O11-4. The fourth-order valence-corrected chi connectivity index (χ4v) is 7.19. The molecule has 0 aromatic heterocycles. The van der Waals surface area contributed by atoms with Gasteiger partial charge in [0.05, 0.1) is 17.1 Å². The summed E-state index contributed by atoms with van der Waals surface area (Å²) >= 11 is 0. The van der Waals surface area contributed by atoms with Crippen molar-refractivity contribution in [3.8, 4) is 17.2 Å². The van der Waals surface area contributed by atoms with E-state index in [0.29, 0.717) is 23.5 Å². The van der Waals surface area contributed by atoms with Crippen LogP contribution in [0, 0.1) is 43.9 Å². The Balaban J connectivity index is 0.000000177. The summed E-state index contributed by atoms with van der Waals surface area (Å²) in [6, 6.07) is 23.4. The van der Waals surface area contributed by atoms with Crippen molar-refractivity contribution in [3.63, 3.8) is 0 Å². The van der Waals surface area contributed by atoms with Gasteiger partial charge < -0.3 is 45.3 Å². The lowest BCUT2D eigenvalue weighted by Crippen LogP contribution is -2.54. The van der Waals surface area contributed by atoms with Gasteiger partial charge >= 0.3 is 11.9 Å². The Bertz CT molecular complexity index is 1810. The molecular weight excluding hydrogens is 668 g/mol. The number of aliphatic carboxylic acids is 1. The molecule has 0 heterocycles. The van der Waals surface area contributed by atoms with Gasteiger partial charge in [0.15, 0.2) is 0 Å². The van der Waals surface area contributed by atoms with Crippen molar-refractivity contribution in [1.29, 1.82) is 0 Å². The Morgan fingerprint density at radius 3 is 1.46 bits per heavy atom. The molecule has 0 saturated heterocycles. The molecule has 0 unspecified atom stereocenters. The lowest BCUT2D eigenvalue weighted by molar-refractivity contribution is -0.327. The maximum Gasteiger partial charge on any atom is 0.335 e. The molecule has 0 aliphatic heterocycles. The summed E-state index contributed by atoms with van der Waals surface area (Å²) in [6.45, 7) is 5.64. The summed E-state index contributed by atoms with van der Waals surface area (Å²) < 4.78 is 0. The predicted molar refractivity (Wildman–Crippen MR) is 184 cm³/mol. The Morgan fingerprint density at radius 2 is 1.08 bits per heavy atom. The van der Waals surface area contributed by atoms with Gasteiger partial charge in [-0.2, -0.15) is 0 Å². The van der Waals surface area contributed by atoms with Crippen molar-refractivity contribution in [3.05, 3.63) is 124 Å². The second-order valence-corrected chi connectivity index (χ2v) is 13.5. The first-order chi connectivity index (χ1) is 24.5. The molecule has 4 aliphatic carbocycles. The summed E-state index contributed by atoms with van der Waals surface area (Å²) in [6.07, 6.45) is 6.65. The van der Waals surface area contributed by atoms with Crippen LogP contribution in [0.5, 0.6) is 17.2 Å². The highest BCUT2D eigenvalue weighted by Gasteiger charge is 2.51. The van der Waals surface area contributed by atoms with E-state index in [1.165, 1.54) is 73.4 Å². The molecule has 4 aliphatic rings. The number of phenols is 1.